The maximum atomic E-state index is 5.43. The van der Waals surface area contributed by atoms with Crippen LogP contribution in [0.5, 0.6) is 0 Å². The van der Waals surface area contributed by atoms with Crippen LogP contribution < -0.4 is 0 Å². The molecule has 0 aliphatic heterocycles. The summed E-state index contributed by atoms with van der Waals surface area (Å²) in [6.07, 6.45) is 2.27. The summed E-state index contributed by atoms with van der Waals surface area (Å²) < 4.78 is 4.73. The summed E-state index contributed by atoms with van der Waals surface area (Å²) in [6.45, 7) is 9.62. The van der Waals surface area contributed by atoms with E-state index in [9.17, 15) is 0 Å². The van der Waals surface area contributed by atoms with E-state index in [4.69, 9.17) is 15.0 Å². The van der Waals surface area contributed by atoms with Crippen LogP contribution in [0.1, 0.15) is 51.7 Å². The Hall–Kier alpha value is -6.59. The molecule has 11 rings (SSSR count). The van der Waals surface area contributed by atoms with Gasteiger partial charge in [-0.15, -0.1) is 0 Å². The lowest BCUT2D eigenvalue weighted by Gasteiger charge is -2.42. The first-order chi connectivity index (χ1) is 27.2. The van der Waals surface area contributed by atoms with E-state index in [1.807, 2.05) is 18.2 Å². The molecule has 56 heavy (non-hydrogen) atoms. The Morgan fingerprint density at radius 1 is 0.429 bits per heavy atom. The molecular formula is C51H41N5. The van der Waals surface area contributed by atoms with Gasteiger partial charge in [0.1, 0.15) is 0 Å². The van der Waals surface area contributed by atoms with Gasteiger partial charge in [0.15, 0.2) is 11.6 Å². The molecule has 3 heterocycles. The quantitative estimate of drug-likeness (QED) is 0.182. The molecule has 0 saturated heterocycles. The molecule has 0 radical (unpaired) electrons. The van der Waals surface area contributed by atoms with Gasteiger partial charge in [0.05, 0.1) is 22.1 Å². The van der Waals surface area contributed by atoms with Gasteiger partial charge >= 0.3 is 0 Å². The minimum absolute atomic E-state index is 0.0214. The highest BCUT2D eigenvalue weighted by Crippen LogP contribution is 2.49. The first-order valence-corrected chi connectivity index (χ1v) is 19.7. The second kappa shape index (κ2) is 12.0. The highest BCUT2D eigenvalue weighted by atomic mass is 15.2. The topological polar surface area (TPSA) is 48.5 Å². The van der Waals surface area contributed by atoms with Crippen LogP contribution in [0.3, 0.4) is 0 Å². The number of hydrogen-bond acceptors (Lipinski definition) is 3. The molecule has 7 aromatic carbocycles. The molecule has 0 N–H and O–H groups in total. The molecule has 0 bridgehead atoms. The predicted molar refractivity (Wildman–Crippen MR) is 232 cm³/mol. The van der Waals surface area contributed by atoms with Gasteiger partial charge in [-0.05, 0) is 88.0 Å². The van der Waals surface area contributed by atoms with E-state index in [-0.39, 0.29) is 10.8 Å². The number of rotatable bonds is 4. The summed E-state index contributed by atoms with van der Waals surface area (Å²) in [6, 6.07) is 54.4. The van der Waals surface area contributed by atoms with Crippen LogP contribution in [0.2, 0.25) is 0 Å². The van der Waals surface area contributed by atoms with E-state index in [2.05, 4.69) is 170 Å². The summed E-state index contributed by atoms with van der Waals surface area (Å²) in [5, 5.41) is 7.06. The van der Waals surface area contributed by atoms with Gasteiger partial charge in [-0.3, -0.25) is 4.57 Å². The molecule has 0 unspecified atom stereocenters. The van der Waals surface area contributed by atoms with Crippen molar-refractivity contribution in [3.8, 4) is 34.4 Å². The van der Waals surface area contributed by atoms with Gasteiger partial charge in [-0.1, -0.05) is 137 Å². The third-order valence-electron chi connectivity index (χ3n) is 12.4. The maximum absolute atomic E-state index is 5.43. The van der Waals surface area contributed by atoms with E-state index < -0.39 is 0 Å². The number of fused-ring (bicyclic) bond motifs is 8. The first kappa shape index (κ1) is 32.8. The van der Waals surface area contributed by atoms with Crippen molar-refractivity contribution in [3.63, 3.8) is 0 Å². The summed E-state index contributed by atoms with van der Waals surface area (Å²) in [7, 11) is 0. The van der Waals surface area contributed by atoms with E-state index in [1.165, 1.54) is 43.7 Å². The van der Waals surface area contributed by atoms with Crippen molar-refractivity contribution in [3.05, 3.63) is 163 Å². The Labute approximate surface area is 325 Å². The molecule has 0 atom stereocenters. The minimum Gasteiger partial charge on any atom is -0.309 e. The van der Waals surface area contributed by atoms with Crippen molar-refractivity contribution in [1.29, 1.82) is 0 Å². The number of benzene rings is 7. The largest absolute Gasteiger partial charge is 0.309 e. The van der Waals surface area contributed by atoms with Crippen LogP contribution in [-0.4, -0.2) is 24.1 Å². The fourth-order valence-corrected chi connectivity index (χ4v) is 9.33. The summed E-state index contributed by atoms with van der Waals surface area (Å²) >= 11 is 0. The molecule has 1 aliphatic carbocycles. The van der Waals surface area contributed by atoms with Crippen molar-refractivity contribution in [2.24, 2.45) is 0 Å². The lowest BCUT2D eigenvalue weighted by atomic mass is 9.63. The Kier molecular flexibility index (Phi) is 7.00. The van der Waals surface area contributed by atoms with Gasteiger partial charge in [0, 0.05) is 38.4 Å². The zero-order valence-corrected chi connectivity index (χ0v) is 32.1. The van der Waals surface area contributed by atoms with Crippen LogP contribution >= 0.6 is 0 Å². The van der Waals surface area contributed by atoms with Crippen LogP contribution in [0, 0.1) is 0 Å². The molecule has 5 nitrogen and oxygen atoms in total. The molecule has 0 fully saturated rings. The fourth-order valence-electron chi connectivity index (χ4n) is 9.33. The van der Waals surface area contributed by atoms with Crippen molar-refractivity contribution >= 4 is 54.4 Å². The smallest absolute Gasteiger partial charge is 0.238 e. The number of aromatic nitrogens is 5. The summed E-state index contributed by atoms with van der Waals surface area (Å²) in [5.74, 6) is 1.91. The predicted octanol–water partition coefficient (Wildman–Crippen LogP) is 12.9. The molecule has 3 aromatic heterocycles. The Morgan fingerprint density at radius 2 is 0.982 bits per heavy atom. The van der Waals surface area contributed by atoms with Gasteiger partial charge in [0.25, 0.3) is 0 Å². The molecule has 1 aliphatic rings. The third kappa shape index (κ3) is 4.90. The summed E-state index contributed by atoms with van der Waals surface area (Å²) in [4.78, 5) is 16.0. The molecule has 10 aromatic rings. The number of hydrogen-bond donors (Lipinski definition) is 0. The van der Waals surface area contributed by atoms with Crippen molar-refractivity contribution in [2.45, 2.75) is 51.4 Å². The van der Waals surface area contributed by atoms with E-state index >= 15 is 0 Å². The van der Waals surface area contributed by atoms with Gasteiger partial charge in [-0.2, -0.15) is 9.97 Å². The van der Waals surface area contributed by atoms with Crippen LogP contribution in [-0.2, 0) is 10.8 Å². The molecule has 270 valence electrons. The fraction of sp³-hybridized carbons (Fsp3) is 0.157. The van der Waals surface area contributed by atoms with Crippen LogP contribution in [0.4, 0.5) is 0 Å². The Bertz CT molecular complexity index is 3180. The van der Waals surface area contributed by atoms with Gasteiger partial charge in [-0.25, -0.2) is 4.98 Å². The van der Waals surface area contributed by atoms with Crippen molar-refractivity contribution in [2.75, 3.05) is 0 Å². The van der Waals surface area contributed by atoms with Crippen molar-refractivity contribution < 1.29 is 0 Å². The zero-order chi connectivity index (χ0) is 37.8. The SMILES string of the molecule is CC1(C)CCC(C)(C)c2cc3c(cc21)c1cc2c(cc1n3-c1nc(-c3ccccc3)nc(-c3cccc4ccccc34)n1)c1ccccc1n2-c1ccccc1. The van der Waals surface area contributed by atoms with E-state index in [1.54, 1.807) is 0 Å². The highest BCUT2D eigenvalue weighted by Gasteiger charge is 2.38. The molecule has 0 spiro atoms. The Morgan fingerprint density at radius 3 is 1.75 bits per heavy atom. The maximum Gasteiger partial charge on any atom is 0.238 e. The monoisotopic (exact) mass is 723 g/mol. The standard InChI is InChI=1S/C51H41N5/c1-50(2)26-27-51(3,4)42-31-46-38(28-41(42)50)40-30-44-39(36-23-13-14-25-43(36)55(44)34-20-9-6-10-21-34)29-45(40)56(46)49-53-47(33-17-7-5-8-18-33)52-48(54-49)37-24-15-19-32-16-11-12-22-35(32)37/h5-25,28-31H,26-27H2,1-4H3. The number of nitrogens with zero attached hydrogens (tertiary/aromatic N) is 5. The number of para-hydroxylation sites is 2. The van der Waals surface area contributed by atoms with Crippen LogP contribution in [0.15, 0.2) is 152 Å². The molecular weight excluding hydrogens is 683 g/mol. The van der Waals surface area contributed by atoms with E-state index in [0.717, 1.165) is 51.5 Å². The average molecular weight is 724 g/mol. The Balaban J connectivity index is 1.30. The van der Waals surface area contributed by atoms with E-state index in [0.29, 0.717) is 17.6 Å². The lowest BCUT2D eigenvalue weighted by molar-refractivity contribution is 0.332. The average Bonchev–Trinajstić information content (AvgIpc) is 3.73. The minimum atomic E-state index is 0.0214. The molecule has 0 saturated carbocycles. The van der Waals surface area contributed by atoms with Crippen molar-refractivity contribution in [1.82, 2.24) is 24.1 Å². The molecule has 5 heteroatoms. The van der Waals surface area contributed by atoms with Gasteiger partial charge < -0.3 is 4.57 Å². The second-order valence-electron chi connectivity index (χ2n) is 16.8. The highest BCUT2D eigenvalue weighted by molar-refractivity contribution is 6.19. The lowest BCUT2D eigenvalue weighted by Crippen LogP contribution is -2.33. The first-order valence-electron chi connectivity index (χ1n) is 19.7. The normalized spacial score (nSPS) is 14.9. The summed E-state index contributed by atoms with van der Waals surface area (Å²) in [5.41, 5.74) is 10.5. The zero-order valence-electron chi connectivity index (χ0n) is 32.1. The third-order valence-corrected chi connectivity index (χ3v) is 12.4. The van der Waals surface area contributed by atoms with Gasteiger partial charge in [0.2, 0.25) is 5.95 Å². The van der Waals surface area contributed by atoms with Crippen LogP contribution in [0.25, 0.3) is 88.8 Å². The second-order valence-corrected chi connectivity index (χ2v) is 16.8. The molecule has 0 amide bonds.